The summed E-state index contributed by atoms with van der Waals surface area (Å²) >= 11 is 0. The van der Waals surface area contributed by atoms with E-state index in [1.165, 1.54) is 12.1 Å². The number of likely N-dealkylation sites (tertiary alicyclic amines) is 1. The highest BCUT2D eigenvalue weighted by Gasteiger charge is 2.33. The number of halogens is 3. The molecule has 2 aromatic rings. The Morgan fingerprint density at radius 3 is 2.38 bits per heavy atom. The van der Waals surface area contributed by atoms with Gasteiger partial charge in [-0.05, 0) is 83.0 Å². The average molecular weight is 477 g/mol. The highest BCUT2D eigenvalue weighted by molar-refractivity contribution is 6.03. The number of benzene rings is 1. The number of hydrogen-bond donors (Lipinski definition) is 2. The van der Waals surface area contributed by atoms with E-state index in [1.807, 2.05) is 45.9 Å². The highest BCUT2D eigenvalue weighted by atomic mass is 19.4. The van der Waals surface area contributed by atoms with Crippen molar-refractivity contribution in [3.8, 4) is 0 Å². The average Bonchev–Trinajstić information content (AvgIpc) is 2.75. The van der Waals surface area contributed by atoms with Gasteiger partial charge in [0, 0.05) is 23.7 Å². The van der Waals surface area contributed by atoms with Crippen LogP contribution in [0.1, 0.15) is 60.9 Å². The first kappa shape index (κ1) is 25.7. The van der Waals surface area contributed by atoms with Crippen LogP contribution in [-0.2, 0) is 17.5 Å². The van der Waals surface area contributed by atoms with Gasteiger partial charge in [0.1, 0.15) is 11.4 Å². The minimum atomic E-state index is -4.62. The minimum Gasteiger partial charge on any atom is -0.351 e. The number of aromatic nitrogens is 1. The van der Waals surface area contributed by atoms with E-state index in [0.29, 0.717) is 12.2 Å². The van der Waals surface area contributed by atoms with E-state index < -0.39 is 17.8 Å². The van der Waals surface area contributed by atoms with Crippen molar-refractivity contribution in [1.29, 1.82) is 0 Å². The third-order valence-corrected chi connectivity index (χ3v) is 5.69. The molecule has 1 fully saturated rings. The van der Waals surface area contributed by atoms with Gasteiger partial charge >= 0.3 is 6.18 Å². The molecule has 2 heterocycles. The van der Waals surface area contributed by atoms with Crippen molar-refractivity contribution in [1.82, 2.24) is 15.2 Å². The van der Waals surface area contributed by atoms with Gasteiger partial charge in [-0.2, -0.15) is 13.2 Å². The summed E-state index contributed by atoms with van der Waals surface area (Å²) in [4.78, 5) is 30.7. The molecule has 34 heavy (non-hydrogen) atoms. The highest BCUT2D eigenvalue weighted by Crippen LogP contribution is 2.28. The Morgan fingerprint density at radius 2 is 1.76 bits per heavy atom. The monoisotopic (exact) mass is 476 g/mol. The quantitative estimate of drug-likeness (QED) is 0.651. The molecule has 0 bridgehead atoms. The Labute approximate surface area is 197 Å². The number of nitrogens with one attached hydrogen (secondary N) is 2. The summed E-state index contributed by atoms with van der Waals surface area (Å²) in [6.07, 6.45) is -3.07. The molecule has 1 aliphatic rings. The van der Waals surface area contributed by atoms with Crippen molar-refractivity contribution in [2.45, 2.75) is 58.8 Å². The molecule has 1 aliphatic heterocycles. The molecule has 2 amide bonds. The van der Waals surface area contributed by atoms with Gasteiger partial charge in [0.2, 0.25) is 5.91 Å². The van der Waals surface area contributed by atoms with Crippen LogP contribution in [0.3, 0.4) is 0 Å². The molecule has 0 saturated carbocycles. The fraction of sp³-hybridized carbons (Fsp3) is 0.480. The maximum absolute atomic E-state index is 12.9. The summed E-state index contributed by atoms with van der Waals surface area (Å²) in [6, 6.07) is 8.92. The third kappa shape index (κ3) is 7.03. The number of nitrogens with zero attached hydrogens (tertiary/aromatic N) is 2. The smallest absolute Gasteiger partial charge is 0.351 e. The van der Waals surface area contributed by atoms with Gasteiger partial charge in [-0.1, -0.05) is 18.2 Å². The lowest BCUT2D eigenvalue weighted by molar-refractivity contribution is -0.141. The van der Waals surface area contributed by atoms with Crippen molar-refractivity contribution < 1.29 is 22.8 Å². The maximum Gasteiger partial charge on any atom is 0.433 e. The zero-order chi connectivity index (χ0) is 25.1. The van der Waals surface area contributed by atoms with Crippen LogP contribution >= 0.6 is 0 Å². The third-order valence-electron chi connectivity index (χ3n) is 5.69. The van der Waals surface area contributed by atoms with E-state index in [-0.39, 0.29) is 23.1 Å². The van der Waals surface area contributed by atoms with Crippen LogP contribution in [0, 0.1) is 12.8 Å². The van der Waals surface area contributed by atoms with E-state index in [0.717, 1.165) is 43.1 Å². The molecule has 1 aromatic carbocycles. The minimum absolute atomic E-state index is 0.00306. The molecule has 0 radical (unpaired) electrons. The van der Waals surface area contributed by atoms with Crippen LogP contribution in [0.25, 0.3) is 0 Å². The summed E-state index contributed by atoms with van der Waals surface area (Å²) in [5, 5.41) is 5.73. The molecule has 3 rings (SSSR count). The molecule has 9 heteroatoms. The number of carbonyl (C=O) groups excluding carboxylic acids is 2. The van der Waals surface area contributed by atoms with E-state index in [2.05, 4.69) is 20.5 Å². The molecule has 1 saturated heterocycles. The molecule has 0 unspecified atom stereocenters. The molecule has 0 spiro atoms. The van der Waals surface area contributed by atoms with Gasteiger partial charge < -0.3 is 10.6 Å². The summed E-state index contributed by atoms with van der Waals surface area (Å²) in [6.45, 7) is 9.94. The number of aryl methyl sites for hydroxylation is 1. The van der Waals surface area contributed by atoms with Gasteiger partial charge in [0.05, 0.1) is 0 Å². The number of carbonyl (C=O) groups is 2. The van der Waals surface area contributed by atoms with Crippen LogP contribution in [0.15, 0.2) is 36.4 Å². The molecule has 0 atom stereocenters. The number of anilines is 1. The van der Waals surface area contributed by atoms with Crippen LogP contribution in [0.4, 0.5) is 18.9 Å². The van der Waals surface area contributed by atoms with Crippen molar-refractivity contribution in [3.05, 3.63) is 58.9 Å². The molecule has 6 nitrogen and oxygen atoms in total. The van der Waals surface area contributed by atoms with Gasteiger partial charge in [-0.15, -0.1) is 0 Å². The number of amides is 2. The van der Waals surface area contributed by atoms with Crippen LogP contribution in [0.5, 0.6) is 0 Å². The summed E-state index contributed by atoms with van der Waals surface area (Å²) < 4.78 is 38.8. The lowest BCUT2D eigenvalue weighted by Gasteiger charge is -2.33. The van der Waals surface area contributed by atoms with Gasteiger partial charge in [0.25, 0.3) is 5.91 Å². The number of alkyl halides is 3. The largest absolute Gasteiger partial charge is 0.433 e. The number of pyridine rings is 1. The number of hydrogen-bond acceptors (Lipinski definition) is 4. The van der Waals surface area contributed by atoms with Crippen molar-refractivity contribution in [2.75, 3.05) is 18.4 Å². The summed E-state index contributed by atoms with van der Waals surface area (Å²) in [7, 11) is 0. The Hall–Kier alpha value is -2.94. The second-order valence-corrected chi connectivity index (χ2v) is 9.80. The van der Waals surface area contributed by atoms with E-state index in [4.69, 9.17) is 0 Å². The standard InChI is InChI=1S/C25H31F3N4O2/c1-16-8-9-17(15-32-12-10-18(11-13-32)22(33)31-24(2,3)4)14-20(16)30-23(34)19-6-5-7-21(29-19)25(26,27)28/h5-9,14,18H,10-13,15H2,1-4H3,(H,30,34)(H,31,33). The Balaban J connectivity index is 1.62. The maximum atomic E-state index is 12.9. The second kappa shape index (κ2) is 10.1. The molecule has 184 valence electrons. The van der Waals surface area contributed by atoms with Crippen molar-refractivity contribution in [3.63, 3.8) is 0 Å². The number of piperidine rings is 1. The van der Waals surface area contributed by atoms with Gasteiger partial charge in [0.15, 0.2) is 0 Å². The Kier molecular flexibility index (Phi) is 7.65. The Morgan fingerprint density at radius 1 is 1.09 bits per heavy atom. The van der Waals surface area contributed by atoms with Gasteiger partial charge in [-0.25, -0.2) is 4.98 Å². The van der Waals surface area contributed by atoms with E-state index in [1.54, 1.807) is 0 Å². The molecular weight excluding hydrogens is 445 g/mol. The normalized spacial score (nSPS) is 15.7. The van der Waals surface area contributed by atoms with Gasteiger partial charge in [-0.3, -0.25) is 14.5 Å². The molecule has 2 N–H and O–H groups in total. The first-order valence-corrected chi connectivity index (χ1v) is 11.3. The molecular formula is C25H31F3N4O2. The fourth-order valence-corrected chi connectivity index (χ4v) is 3.89. The van der Waals surface area contributed by atoms with Crippen molar-refractivity contribution >= 4 is 17.5 Å². The molecule has 0 aliphatic carbocycles. The zero-order valence-electron chi connectivity index (χ0n) is 19.9. The first-order chi connectivity index (χ1) is 15.8. The van der Waals surface area contributed by atoms with Crippen molar-refractivity contribution in [2.24, 2.45) is 5.92 Å². The summed E-state index contributed by atoms with van der Waals surface area (Å²) in [5.74, 6) is -0.601. The number of rotatable bonds is 5. The SMILES string of the molecule is Cc1ccc(CN2CCC(C(=O)NC(C)(C)C)CC2)cc1NC(=O)c1cccc(C(F)(F)F)n1. The lowest BCUT2D eigenvalue weighted by atomic mass is 9.94. The predicted octanol–water partition coefficient (Wildman–Crippen LogP) is 4.79. The fourth-order valence-electron chi connectivity index (χ4n) is 3.89. The zero-order valence-corrected chi connectivity index (χ0v) is 19.9. The Bertz CT molecular complexity index is 1040. The van der Waals surface area contributed by atoms with Crippen LogP contribution in [0.2, 0.25) is 0 Å². The van der Waals surface area contributed by atoms with Crippen LogP contribution < -0.4 is 10.6 Å². The lowest BCUT2D eigenvalue weighted by Crippen LogP contribution is -2.46. The van der Waals surface area contributed by atoms with Crippen LogP contribution in [-0.4, -0.2) is 40.3 Å². The second-order valence-electron chi connectivity index (χ2n) is 9.80. The first-order valence-electron chi connectivity index (χ1n) is 11.3. The van der Waals surface area contributed by atoms with E-state index in [9.17, 15) is 22.8 Å². The topological polar surface area (TPSA) is 74.3 Å². The van der Waals surface area contributed by atoms with E-state index >= 15 is 0 Å². The molecule has 1 aromatic heterocycles. The summed E-state index contributed by atoms with van der Waals surface area (Å²) in [5.41, 5.74) is 0.638. The predicted molar refractivity (Wildman–Crippen MR) is 124 cm³/mol.